The van der Waals surface area contributed by atoms with Crippen LogP contribution >= 0.6 is 0 Å². The topological polar surface area (TPSA) is 27.7 Å². The van der Waals surface area contributed by atoms with Crippen molar-refractivity contribution >= 4 is 0 Å². The van der Waals surface area contributed by atoms with Crippen molar-refractivity contribution in [2.24, 2.45) is 0 Å². The second-order valence-corrected chi connectivity index (χ2v) is 6.45. The second kappa shape index (κ2) is 9.28. The summed E-state index contributed by atoms with van der Waals surface area (Å²) in [6, 6.07) is 20.2. The number of methoxy groups -OCH3 is 2. The third kappa shape index (κ3) is 5.36. The van der Waals surface area contributed by atoms with Crippen LogP contribution in [0.1, 0.15) is 25.8 Å². The molecular weight excluding hydrogens is 312 g/mol. The van der Waals surface area contributed by atoms with Crippen LogP contribution in [-0.2, 0) is 14.9 Å². The first-order chi connectivity index (χ1) is 12.1. The van der Waals surface area contributed by atoms with E-state index in [1.165, 1.54) is 5.56 Å². The Labute approximate surface area is 151 Å². The van der Waals surface area contributed by atoms with E-state index in [4.69, 9.17) is 14.2 Å². The SMILES string of the molecule is CO/C(=C\C(CCOc1ccccc1)OC)C(C)(C)c1ccccc1. The summed E-state index contributed by atoms with van der Waals surface area (Å²) in [5.41, 5.74) is 0.978. The monoisotopic (exact) mass is 340 g/mol. The van der Waals surface area contributed by atoms with Crippen LogP contribution in [0.3, 0.4) is 0 Å². The Balaban J connectivity index is 2.04. The lowest BCUT2D eigenvalue weighted by atomic mass is 9.82. The van der Waals surface area contributed by atoms with Crippen LogP contribution in [0.5, 0.6) is 5.75 Å². The van der Waals surface area contributed by atoms with Crippen molar-refractivity contribution in [3.8, 4) is 5.75 Å². The summed E-state index contributed by atoms with van der Waals surface area (Å²) in [4.78, 5) is 0. The number of para-hydroxylation sites is 1. The van der Waals surface area contributed by atoms with E-state index < -0.39 is 0 Å². The summed E-state index contributed by atoms with van der Waals surface area (Å²) < 4.78 is 17.1. The van der Waals surface area contributed by atoms with Crippen LogP contribution < -0.4 is 4.74 Å². The number of hydrogen-bond acceptors (Lipinski definition) is 3. The molecule has 3 heteroatoms. The smallest absolute Gasteiger partial charge is 0.119 e. The van der Waals surface area contributed by atoms with Gasteiger partial charge in [-0.05, 0) is 37.6 Å². The zero-order chi connectivity index (χ0) is 18.1. The minimum atomic E-state index is -0.229. The third-order valence-corrected chi connectivity index (χ3v) is 4.39. The molecular formula is C22H28O3. The summed E-state index contributed by atoms with van der Waals surface area (Å²) in [5.74, 6) is 1.77. The van der Waals surface area contributed by atoms with E-state index in [1.54, 1.807) is 14.2 Å². The van der Waals surface area contributed by atoms with Gasteiger partial charge in [-0.15, -0.1) is 0 Å². The molecule has 0 radical (unpaired) electrons. The Morgan fingerprint density at radius 1 is 0.960 bits per heavy atom. The number of benzene rings is 2. The van der Waals surface area contributed by atoms with E-state index >= 15 is 0 Å². The van der Waals surface area contributed by atoms with Gasteiger partial charge in [0, 0.05) is 18.9 Å². The molecule has 0 aliphatic heterocycles. The van der Waals surface area contributed by atoms with Crippen LogP contribution in [0.2, 0.25) is 0 Å². The van der Waals surface area contributed by atoms with Crippen molar-refractivity contribution in [2.75, 3.05) is 20.8 Å². The Kier molecular flexibility index (Phi) is 7.08. The molecule has 1 unspecified atom stereocenters. The summed E-state index contributed by atoms with van der Waals surface area (Å²) >= 11 is 0. The average Bonchev–Trinajstić information content (AvgIpc) is 2.66. The number of rotatable bonds is 9. The molecule has 0 heterocycles. The van der Waals surface area contributed by atoms with Gasteiger partial charge in [-0.25, -0.2) is 0 Å². The van der Waals surface area contributed by atoms with Gasteiger partial charge in [0.1, 0.15) is 11.5 Å². The number of hydrogen-bond donors (Lipinski definition) is 0. The highest BCUT2D eigenvalue weighted by molar-refractivity contribution is 5.32. The first-order valence-electron chi connectivity index (χ1n) is 8.60. The lowest BCUT2D eigenvalue weighted by Crippen LogP contribution is -2.24. The maximum Gasteiger partial charge on any atom is 0.119 e. The lowest BCUT2D eigenvalue weighted by Gasteiger charge is -2.28. The molecule has 0 aliphatic carbocycles. The molecule has 2 aromatic carbocycles. The lowest BCUT2D eigenvalue weighted by molar-refractivity contribution is 0.109. The molecule has 0 saturated carbocycles. The molecule has 1 atom stereocenters. The largest absolute Gasteiger partial charge is 0.500 e. The fourth-order valence-corrected chi connectivity index (χ4v) is 2.78. The van der Waals surface area contributed by atoms with E-state index in [0.29, 0.717) is 6.61 Å². The van der Waals surface area contributed by atoms with Gasteiger partial charge in [-0.1, -0.05) is 48.5 Å². The molecule has 0 spiro atoms. The summed E-state index contributed by atoms with van der Waals surface area (Å²) in [6.07, 6.45) is 2.74. The van der Waals surface area contributed by atoms with E-state index in [0.717, 1.165) is 17.9 Å². The second-order valence-electron chi connectivity index (χ2n) is 6.45. The van der Waals surface area contributed by atoms with E-state index in [9.17, 15) is 0 Å². The van der Waals surface area contributed by atoms with Crippen LogP contribution in [0.4, 0.5) is 0 Å². The van der Waals surface area contributed by atoms with Crippen molar-refractivity contribution < 1.29 is 14.2 Å². The quantitative estimate of drug-likeness (QED) is 0.603. The van der Waals surface area contributed by atoms with Crippen LogP contribution in [0.15, 0.2) is 72.5 Å². The summed E-state index contributed by atoms with van der Waals surface area (Å²) in [5, 5.41) is 0. The highest BCUT2D eigenvalue weighted by atomic mass is 16.5. The molecule has 2 rings (SSSR count). The Morgan fingerprint density at radius 3 is 2.12 bits per heavy atom. The molecule has 0 aliphatic rings. The van der Waals surface area contributed by atoms with Crippen LogP contribution in [-0.4, -0.2) is 26.9 Å². The van der Waals surface area contributed by atoms with Gasteiger partial charge in [0.15, 0.2) is 0 Å². The first kappa shape index (κ1) is 19.1. The summed E-state index contributed by atoms with van der Waals surface area (Å²) in [7, 11) is 3.43. The molecule has 0 saturated heterocycles. The van der Waals surface area contributed by atoms with Crippen molar-refractivity contribution in [1.82, 2.24) is 0 Å². The van der Waals surface area contributed by atoms with Crippen molar-refractivity contribution in [1.29, 1.82) is 0 Å². The molecule has 0 fully saturated rings. The predicted octanol–water partition coefficient (Wildman–Crippen LogP) is 4.98. The molecule has 0 bridgehead atoms. The summed E-state index contributed by atoms with van der Waals surface area (Å²) in [6.45, 7) is 4.90. The first-order valence-corrected chi connectivity index (χ1v) is 8.60. The predicted molar refractivity (Wildman–Crippen MR) is 102 cm³/mol. The standard InChI is InChI=1S/C22H28O3/c1-22(2,18-11-7-5-8-12-18)21(24-4)17-20(23-3)15-16-25-19-13-9-6-10-14-19/h5-14,17,20H,15-16H2,1-4H3/b21-17-. The molecule has 0 amide bonds. The maximum atomic E-state index is 5.77. The van der Waals surface area contributed by atoms with Gasteiger partial charge < -0.3 is 14.2 Å². The van der Waals surface area contributed by atoms with Gasteiger partial charge in [0.2, 0.25) is 0 Å². The van der Waals surface area contributed by atoms with Crippen molar-refractivity contribution in [3.63, 3.8) is 0 Å². The molecule has 2 aromatic rings. The van der Waals surface area contributed by atoms with Gasteiger partial charge in [-0.2, -0.15) is 0 Å². The van der Waals surface area contributed by atoms with Crippen LogP contribution in [0, 0.1) is 0 Å². The molecule has 0 N–H and O–H groups in total. The Bertz CT molecular complexity index is 647. The fraction of sp³-hybridized carbons (Fsp3) is 0.364. The minimum absolute atomic E-state index is 0.0679. The van der Waals surface area contributed by atoms with Gasteiger partial charge >= 0.3 is 0 Å². The average molecular weight is 340 g/mol. The van der Waals surface area contributed by atoms with Crippen molar-refractivity contribution in [2.45, 2.75) is 31.8 Å². The zero-order valence-electron chi connectivity index (χ0n) is 15.6. The maximum absolute atomic E-state index is 5.77. The zero-order valence-corrected chi connectivity index (χ0v) is 15.6. The molecule has 0 aromatic heterocycles. The Hall–Kier alpha value is -2.26. The minimum Gasteiger partial charge on any atom is -0.500 e. The van der Waals surface area contributed by atoms with Crippen LogP contribution in [0.25, 0.3) is 0 Å². The number of allylic oxidation sites excluding steroid dienone is 1. The number of ether oxygens (including phenoxy) is 3. The fourth-order valence-electron chi connectivity index (χ4n) is 2.78. The van der Waals surface area contributed by atoms with E-state index in [1.807, 2.05) is 48.5 Å². The molecule has 3 nitrogen and oxygen atoms in total. The highest BCUT2D eigenvalue weighted by Gasteiger charge is 2.27. The molecule has 134 valence electrons. The van der Waals surface area contributed by atoms with E-state index in [-0.39, 0.29) is 11.5 Å². The third-order valence-electron chi connectivity index (χ3n) is 4.39. The normalized spacial score (nSPS) is 13.4. The van der Waals surface area contributed by atoms with Gasteiger partial charge in [0.05, 0.1) is 19.8 Å². The van der Waals surface area contributed by atoms with Gasteiger partial charge in [0.25, 0.3) is 0 Å². The van der Waals surface area contributed by atoms with E-state index in [2.05, 4.69) is 32.1 Å². The van der Waals surface area contributed by atoms with Gasteiger partial charge in [-0.3, -0.25) is 0 Å². The highest BCUT2D eigenvalue weighted by Crippen LogP contribution is 2.32. The van der Waals surface area contributed by atoms with Crippen molar-refractivity contribution in [3.05, 3.63) is 78.1 Å². The Morgan fingerprint density at radius 2 is 1.56 bits per heavy atom. The molecule has 25 heavy (non-hydrogen) atoms.